The van der Waals surface area contributed by atoms with Crippen molar-refractivity contribution in [3.05, 3.63) is 0 Å². The zero-order valence-electron chi connectivity index (χ0n) is 11.8. The van der Waals surface area contributed by atoms with Gasteiger partial charge in [0.2, 0.25) is 0 Å². The Bertz CT molecular complexity index is 279. The molecule has 1 aliphatic heterocycles. The summed E-state index contributed by atoms with van der Waals surface area (Å²) in [6.45, 7) is 9.19. The van der Waals surface area contributed by atoms with E-state index in [4.69, 9.17) is 5.73 Å². The Morgan fingerprint density at radius 3 is 2.47 bits per heavy atom. The molecule has 1 saturated carbocycles. The van der Waals surface area contributed by atoms with Crippen molar-refractivity contribution in [3.8, 4) is 0 Å². The molecule has 0 aromatic heterocycles. The van der Waals surface area contributed by atoms with Crippen LogP contribution in [0.4, 0.5) is 0 Å². The second-order valence-electron chi connectivity index (χ2n) is 7.12. The third kappa shape index (κ3) is 2.99. The summed E-state index contributed by atoms with van der Waals surface area (Å²) < 4.78 is 0. The molecule has 3 atom stereocenters. The van der Waals surface area contributed by atoms with E-state index in [0.717, 1.165) is 18.4 Å². The first-order valence-electron chi connectivity index (χ1n) is 6.88. The molecule has 0 radical (unpaired) electrons. The molecule has 0 bridgehead atoms. The van der Waals surface area contributed by atoms with Gasteiger partial charge in [-0.15, -0.1) is 0 Å². The van der Waals surface area contributed by atoms with Crippen LogP contribution in [0.2, 0.25) is 0 Å². The van der Waals surface area contributed by atoms with Gasteiger partial charge in [-0.1, -0.05) is 20.8 Å². The molecule has 0 aromatic rings. The number of thioether (sulfide) groups is 1. The summed E-state index contributed by atoms with van der Waals surface area (Å²) in [6.07, 6.45) is 2.67. The minimum Gasteiger partial charge on any atom is -0.329 e. The quantitative estimate of drug-likeness (QED) is 0.838. The zero-order chi connectivity index (χ0) is 12.7. The van der Waals surface area contributed by atoms with Gasteiger partial charge in [-0.05, 0) is 42.9 Å². The van der Waals surface area contributed by atoms with Crippen LogP contribution in [0.5, 0.6) is 0 Å². The molecule has 2 fully saturated rings. The fourth-order valence-electron chi connectivity index (χ4n) is 3.24. The van der Waals surface area contributed by atoms with Crippen molar-refractivity contribution in [2.24, 2.45) is 23.0 Å². The van der Waals surface area contributed by atoms with Crippen molar-refractivity contribution in [1.82, 2.24) is 4.90 Å². The number of likely N-dealkylation sites (N-methyl/N-ethyl adjacent to an activating group) is 1. The van der Waals surface area contributed by atoms with E-state index in [1.807, 2.05) is 0 Å². The van der Waals surface area contributed by atoms with Crippen molar-refractivity contribution < 1.29 is 0 Å². The Hall–Kier alpha value is 0.270. The standard InChI is InChI=1S/C14H28N2S/c1-11-5-12(11)6-16(4)14(8-15)7-13(2,3)9-17-10-14/h11-12H,5-10,15H2,1-4H3. The monoisotopic (exact) mass is 256 g/mol. The van der Waals surface area contributed by atoms with Gasteiger partial charge in [0.15, 0.2) is 0 Å². The summed E-state index contributed by atoms with van der Waals surface area (Å²) in [5.41, 5.74) is 6.82. The minimum atomic E-state index is 0.245. The van der Waals surface area contributed by atoms with Crippen LogP contribution in [0, 0.1) is 17.3 Å². The highest BCUT2D eigenvalue weighted by molar-refractivity contribution is 7.99. The molecule has 3 unspecified atom stereocenters. The summed E-state index contributed by atoms with van der Waals surface area (Å²) in [7, 11) is 2.29. The fourth-order valence-corrected chi connectivity index (χ4v) is 4.82. The van der Waals surface area contributed by atoms with Gasteiger partial charge < -0.3 is 5.73 Å². The van der Waals surface area contributed by atoms with Gasteiger partial charge in [0.1, 0.15) is 0 Å². The van der Waals surface area contributed by atoms with Gasteiger partial charge in [0.25, 0.3) is 0 Å². The van der Waals surface area contributed by atoms with E-state index >= 15 is 0 Å². The lowest BCUT2D eigenvalue weighted by molar-refractivity contribution is 0.0880. The SMILES string of the molecule is CC1CC1CN(C)C1(CN)CSCC(C)(C)C1. The van der Waals surface area contributed by atoms with Crippen molar-refractivity contribution in [1.29, 1.82) is 0 Å². The summed E-state index contributed by atoms with van der Waals surface area (Å²) in [4.78, 5) is 2.58. The molecule has 1 saturated heterocycles. The van der Waals surface area contributed by atoms with Crippen LogP contribution in [0.3, 0.4) is 0 Å². The molecule has 2 nitrogen and oxygen atoms in total. The summed E-state index contributed by atoms with van der Waals surface area (Å²) in [5, 5.41) is 0. The smallest absolute Gasteiger partial charge is 0.0424 e. The lowest BCUT2D eigenvalue weighted by Gasteiger charge is -2.49. The number of hydrogen-bond acceptors (Lipinski definition) is 3. The Morgan fingerprint density at radius 1 is 1.35 bits per heavy atom. The van der Waals surface area contributed by atoms with E-state index in [0.29, 0.717) is 5.41 Å². The van der Waals surface area contributed by atoms with Crippen LogP contribution in [0.1, 0.15) is 33.6 Å². The maximum atomic E-state index is 6.14. The van der Waals surface area contributed by atoms with Crippen molar-refractivity contribution in [2.45, 2.75) is 39.2 Å². The van der Waals surface area contributed by atoms with Crippen LogP contribution in [0.25, 0.3) is 0 Å². The highest BCUT2D eigenvalue weighted by Gasteiger charge is 2.44. The average molecular weight is 256 g/mol. The summed E-state index contributed by atoms with van der Waals surface area (Å²) in [5.74, 6) is 4.36. The van der Waals surface area contributed by atoms with Crippen LogP contribution < -0.4 is 5.73 Å². The van der Waals surface area contributed by atoms with E-state index in [-0.39, 0.29) is 5.54 Å². The molecule has 2 N–H and O–H groups in total. The molecule has 2 aliphatic rings. The zero-order valence-corrected chi connectivity index (χ0v) is 12.6. The average Bonchev–Trinajstić information content (AvgIpc) is 2.92. The number of nitrogens with zero attached hydrogens (tertiary/aromatic N) is 1. The third-order valence-corrected chi connectivity index (χ3v) is 6.37. The van der Waals surface area contributed by atoms with Gasteiger partial charge in [-0.25, -0.2) is 0 Å². The first-order valence-corrected chi connectivity index (χ1v) is 8.03. The number of hydrogen-bond donors (Lipinski definition) is 1. The van der Waals surface area contributed by atoms with E-state index in [1.54, 1.807) is 0 Å². The topological polar surface area (TPSA) is 29.3 Å². The van der Waals surface area contributed by atoms with Gasteiger partial charge in [0.05, 0.1) is 0 Å². The van der Waals surface area contributed by atoms with Crippen LogP contribution >= 0.6 is 11.8 Å². The molecule has 0 amide bonds. The first kappa shape index (κ1) is 13.7. The molecule has 0 aromatic carbocycles. The lowest BCUT2D eigenvalue weighted by Crippen LogP contribution is -2.59. The molecule has 17 heavy (non-hydrogen) atoms. The Morgan fingerprint density at radius 2 is 2.00 bits per heavy atom. The van der Waals surface area contributed by atoms with E-state index in [1.165, 1.54) is 30.9 Å². The molecular formula is C14H28N2S. The Balaban J connectivity index is 2.01. The predicted octanol–water partition coefficient (Wildman–Crippen LogP) is 2.43. The molecule has 100 valence electrons. The normalized spacial score (nSPS) is 40.6. The predicted molar refractivity (Wildman–Crippen MR) is 77.4 cm³/mol. The molecule has 0 spiro atoms. The van der Waals surface area contributed by atoms with Crippen LogP contribution in [-0.4, -0.2) is 42.1 Å². The molecule has 1 heterocycles. The summed E-state index contributed by atoms with van der Waals surface area (Å²) >= 11 is 2.09. The molecular weight excluding hydrogens is 228 g/mol. The molecule has 2 rings (SSSR count). The highest BCUT2D eigenvalue weighted by Crippen LogP contribution is 2.44. The first-order chi connectivity index (χ1) is 7.88. The van der Waals surface area contributed by atoms with Gasteiger partial charge in [-0.3, -0.25) is 4.90 Å². The fraction of sp³-hybridized carbons (Fsp3) is 1.00. The van der Waals surface area contributed by atoms with Gasteiger partial charge >= 0.3 is 0 Å². The second kappa shape index (κ2) is 4.75. The maximum Gasteiger partial charge on any atom is 0.0424 e. The van der Waals surface area contributed by atoms with Crippen LogP contribution in [-0.2, 0) is 0 Å². The van der Waals surface area contributed by atoms with E-state index < -0.39 is 0 Å². The molecule has 1 aliphatic carbocycles. The van der Waals surface area contributed by atoms with Crippen molar-refractivity contribution in [2.75, 3.05) is 31.6 Å². The Kier molecular flexibility index (Phi) is 3.82. The van der Waals surface area contributed by atoms with E-state index in [9.17, 15) is 0 Å². The van der Waals surface area contributed by atoms with Crippen molar-refractivity contribution in [3.63, 3.8) is 0 Å². The largest absolute Gasteiger partial charge is 0.329 e. The highest BCUT2D eigenvalue weighted by atomic mass is 32.2. The minimum absolute atomic E-state index is 0.245. The van der Waals surface area contributed by atoms with E-state index in [2.05, 4.69) is 44.5 Å². The third-order valence-electron chi connectivity index (χ3n) is 4.65. The van der Waals surface area contributed by atoms with Gasteiger partial charge in [0, 0.05) is 24.4 Å². The number of nitrogens with two attached hydrogens (primary N) is 1. The maximum absolute atomic E-state index is 6.14. The second-order valence-corrected chi connectivity index (χ2v) is 8.10. The molecule has 3 heteroatoms. The van der Waals surface area contributed by atoms with Crippen molar-refractivity contribution >= 4 is 11.8 Å². The Labute approximate surface area is 111 Å². The van der Waals surface area contributed by atoms with Gasteiger partial charge in [-0.2, -0.15) is 11.8 Å². The number of rotatable bonds is 4. The van der Waals surface area contributed by atoms with Crippen LogP contribution in [0.15, 0.2) is 0 Å². The lowest BCUT2D eigenvalue weighted by atomic mass is 9.79. The summed E-state index contributed by atoms with van der Waals surface area (Å²) in [6, 6.07) is 0.